The summed E-state index contributed by atoms with van der Waals surface area (Å²) in [5.74, 6) is 0.813. The van der Waals surface area contributed by atoms with Gasteiger partial charge in [0.1, 0.15) is 5.75 Å². The monoisotopic (exact) mass is 204 g/mol. The third kappa shape index (κ3) is 1.44. The van der Waals surface area contributed by atoms with Crippen LogP contribution in [0.2, 0.25) is 0 Å². The van der Waals surface area contributed by atoms with E-state index in [4.69, 9.17) is 9.94 Å². The van der Waals surface area contributed by atoms with Crippen molar-refractivity contribution in [3.05, 3.63) is 30.0 Å². The number of rotatable bonds is 2. The predicted molar refractivity (Wildman–Crippen MR) is 58.9 cm³/mol. The summed E-state index contributed by atoms with van der Waals surface area (Å²) in [5.41, 5.74) is 1.86. The molecule has 0 aliphatic heterocycles. The molecule has 0 spiro atoms. The average Bonchev–Trinajstić information content (AvgIpc) is 2.57. The minimum atomic E-state index is 0.813. The molecular formula is C11H12N2O2. The minimum Gasteiger partial charge on any atom is -0.495 e. The number of hydrogen-bond donors (Lipinski definition) is 1. The molecular weight excluding hydrogens is 192 g/mol. The van der Waals surface area contributed by atoms with Crippen LogP contribution in [0.3, 0.4) is 0 Å². The Bertz CT molecular complexity index is 515. The van der Waals surface area contributed by atoms with Crippen molar-refractivity contribution in [3.8, 4) is 5.75 Å². The molecule has 2 rings (SSSR count). The van der Waals surface area contributed by atoms with E-state index in [1.165, 1.54) is 6.21 Å². The fourth-order valence-corrected chi connectivity index (χ4v) is 1.79. The van der Waals surface area contributed by atoms with Gasteiger partial charge in [0.2, 0.25) is 0 Å². The Balaban J connectivity index is 2.79. The highest BCUT2D eigenvalue weighted by molar-refractivity contribution is 6.01. The highest BCUT2D eigenvalue weighted by Crippen LogP contribution is 2.28. The van der Waals surface area contributed by atoms with Gasteiger partial charge in [-0.25, -0.2) is 0 Å². The van der Waals surface area contributed by atoms with Crippen molar-refractivity contribution < 1.29 is 9.94 Å². The number of ether oxygens (including phenoxy) is 1. The van der Waals surface area contributed by atoms with Gasteiger partial charge in [0.05, 0.1) is 18.8 Å². The lowest BCUT2D eigenvalue weighted by Crippen LogP contribution is -1.89. The summed E-state index contributed by atoms with van der Waals surface area (Å²) in [6, 6.07) is 5.78. The normalized spacial score (nSPS) is 11.3. The zero-order valence-electron chi connectivity index (χ0n) is 8.64. The van der Waals surface area contributed by atoms with E-state index >= 15 is 0 Å². The third-order valence-electron chi connectivity index (χ3n) is 2.41. The van der Waals surface area contributed by atoms with Gasteiger partial charge in [-0.15, -0.1) is 0 Å². The molecule has 0 aliphatic rings. The molecule has 0 fully saturated rings. The third-order valence-corrected chi connectivity index (χ3v) is 2.41. The van der Waals surface area contributed by atoms with Crippen LogP contribution in [0.25, 0.3) is 10.9 Å². The van der Waals surface area contributed by atoms with E-state index in [1.54, 1.807) is 7.11 Å². The maximum atomic E-state index is 8.54. The number of benzene rings is 1. The summed E-state index contributed by atoms with van der Waals surface area (Å²) in [4.78, 5) is 0. The van der Waals surface area contributed by atoms with Gasteiger partial charge in [-0.2, -0.15) is 0 Å². The van der Waals surface area contributed by atoms with Crippen LogP contribution in [0, 0.1) is 0 Å². The fourth-order valence-electron chi connectivity index (χ4n) is 1.79. The first-order chi connectivity index (χ1) is 7.27. The molecule has 0 unspecified atom stereocenters. The van der Waals surface area contributed by atoms with E-state index in [1.807, 2.05) is 36.0 Å². The van der Waals surface area contributed by atoms with Crippen molar-refractivity contribution in [1.29, 1.82) is 0 Å². The van der Waals surface area contributed by atoms with Gasteiger partial charge >= 0.3 is 0 Å². The zero-order chi connectivity index (χ0) is 10.8. The Morgan fingerprint density at radius 1 is 1.47 bits per heavy atom. The number of nitrogens with zero attached hydrogens (tertiary/aromatic N) is 2. The number of methoxy groups -OCH3 is 1. The molecule has 4 heteroatoms. The Labute approximate surface area is 87.4 Å². The lowest BCUT2D eigenvalue weighted by Gasteiger charge is -2.03. The smallest absolute Gasteiger partial charge is 0.143 e. The molecule has 1 aromatic heterocycles. The van der Waals surface area contributed by atoms with E-state index in [0.29, 0.717) is 0 Å². The first kappa shape index (κ1) is 9.58. The lowest BCUT2D eigenvalue weighted by molar-refractivity contribution is 0.322. The first-order valence-electron chi connectivity index (χ1n) is 4.57. The average molecular weight is 204 g/mol. The van der Waals surface area contributed by atoms with E-state index < -0.39 is 0 Å². The molecule has 15 heavy (non-hydrogen) atoms. The van der Waals surface area contributed by atoms with Crippen molar-refractivity contribution in [1.82, 2.24) is 4.57 Å². The van der Waals surface area contributed by atoms with Gasteiger partial charge in [-0.3, -0.25) is 0 Å². The van der Waals surface area contributed by atoms with E-state index in [-0.39, 0.29) is 0 Å². The highest BCUT2D eigenvalue weighted by Gasteiger charge is 2.08. The molecule has 1 aromatic carbocycles. The molecule has 1 heterocycles. The molecule has 0 saturated heterocycles. The van der Waals surface area contributed by atoms with Gasteiger partial charge in [-0.05, 0) is 6.07 Å². The number of hydrogen-bond acceptors (Lipinski definition) is 3. The molecule has 0 aliphatic carbocycles. The Morgan fingerprint density at radius 2 is 2.27 bits per heavy atom. The van der Waals surface area contributed by atoms with Gasteiger partial charge in [0.15, 0.2) is 0 Å². The number of fused-ring (bicyclic) bond motifs is 1. The van der Waals surface area contributed by atoms with Crippen LogP contribution < -0.4 is 4.74 Å². The van der Waals surface area contributed by atoms with Crippen LogP contribution in [-0.4, -0.2) is 23.1 Å². The number of para-hydroxylation sites is 1. The Hall–Kier alpha value is -1.97. The fraction of sp³-hybridized carbons (Fsp3) is 0.182. The molecule has 1 N–H and O–H groups in total. The number of aryl methyl sites for hydroxylation is 1. The molecule has 0 atom stereocenters. The second kappa shape index (κ2) is 3.65. The van der Waals surface area contributed by atoms with Crippen LogP contribution in [0.5, 0.6) is 5.75 Å². The lowest BCUT2D eigenvalue weighted by atomic mass is 10.2. The topological polar surface area (TPSA) is 46.8 Å². The number of oxime groups is 1. The second-order valence-electron chi connectivity index (χ2n) is 3.30. The van der Waals surface area contributed by atoms with Crippen LogP contribution in [0.1, 0.15) is 5.56 Å². The van der Waals surface area contributed by atoms with E-state index in [9.17, 15) is 0 Å². The van der Waals surface area contributed by atoms with E-state index in [2.05, 4.69) is 5.16 Å². The largest absolute Gasteiger partial charge is 0.495 e. The standard InChI is InChI=1S/C11H12N2O2/c1-13-7-8(6-12-14)9-4-3-5-10(15-2)11(9)13/h3-7,14H,1-2H3. The van der Waals surface area contributed by atoms with Crippen molar-refractivity contribution in [2.24, 2.45) is 12.2 Å². The SMILES string of the molecule is COc1cccc2c(C=NO)cn(C)c12. The Kier molecular flexibility index (Phi) is 2.33. The second-order valence-corrected chi connectivity index (χ2v) is 3.30. The van der Waals surface area contributed by atoms with Gasteiger partial charge in [-0.1, -0.05) is 17.3 Å². The minimum absolute atomic E-state index is 0.813. The predicted octanol–water partition coefficient (Wildman–Crippen LogP) is 1.99. The van der Waals surface area contributed by atoms with Crippen molar-refractivity contribution in [3.63, 3.8) is 0 Å². The van der Waals surface area contributed by atoms with E-state index in [0.717, 1.165) is 22.2 Å². The van der Waals surface area contributed by atoms with Crippen molar-refractivity contribution >= 4 is 17.1 Å². The summed E-state index contributed by atoms with van der Waals surface area (Å²) in [6.45, 7) is 0. The molecule has 0 bridgehead atoms. The van der Waals surface area contributed by atoms with Crippen LogP contribution in [-0.2, 0) is 7.05 Å². The van der Waals surface area contributed by atoms with Crippen LogP contribution in [0.4, 0.5) is 0 Å². The molecule has 0 amide bonds. The van der Waals surface area contributed by atoms with Crippen LogP contribution >= 0.6 is 0 Å². The van der Waals surface area contributed by atoms with Crippen molar-refractivity contribution in [2.45, 2.75) is 0 Å². The summed E-state index contributed by atoms with van der Waals surface area (Å²) < 4.78 is 7.22. The highest BCUT2D eigenvalue weighted by atomic mass is 16.5. The first-order valence-corrected chi connectivity index (χ1v) is 4.57. The van der Waals surface area contributed by atoms with Gasteiger partial charge in [0.25, 0.3) is 0 Å². The maximum Gasteiger partial charge on any atom is 0.143 e. The molecule has 78 valence electrons. The summed E-state index contributed by atoms with van der Waals surface area (Å²) in [5, 5.41) is 12.6. The summed E-state index contributed by atoms with van der Waals surface area (Å²) >= 11 is 0. The zero-order valence-corrected chi connectivity index (χ0v) is 8.64. The van der Waals surface area contributed by atoms with Crippen molar-refractivity contribution in [2.75, 3.05) is 7.11 Å². The quantitative estimate of drug-likeness (QED) is 0.462. The molecule has 0 radical (unpaired) electrons. The molecule has 0 saturated carbocycles. The number of aromatic nitrogens is 1. The van der Waals surface area contributed by atoms with Gasteiger partial charge in [0, 0.05) is 24.2 Å². The molecule has 2 aromatic rings. The maximum absolute atomic E-state index is 8.54. The Morgan fingerprint density at radius 3 is 2.93 bits per heavy atom. The molecule has 4 nitrogen and oxygen atoms in total. The van der Waals surface area contributed by atoms with Gasteiger partial charge < -0.3 is 14.5 Å². The summed E-state index contributed by atoms with van der Waals surface area (Å²) in [6.07, 6.45) is 3.31. The van der Waals surface area contributed by atoms with Crippen LogP contribution in [0.15, 0.2) is 29.6 Å². The summed E-state index contributed by atoms with van der Waals surface area (Å²) in [7, 11) is 3.57.